The van der Waals surface area contributed by atoms with Gasteiger partial charge in [-0.3, -0.25) is 4.79 Å². The van der Waals surface area contributed by atoms with E-state index in [2.05, 4.69) is 5.10 Å². The van der Waals surface area contributed by atoms with Crippen molar-refractivity contribution < 1.29 is 27.8 Å². The molecule has 8 heteroatoms. The lowest BCUT2D eigenvalue weighted by atomic mass is 9.76. The van der Waals surface area contributed by atoms with Gasteiger partial charge in [-0.15, -0.1) is 0 Å². The van der Waals surface area contributed by atoms with Crippen molar-refractivity contribution in [3.8, 4) is 5.75 Å². The van der Waals surface area contributed by atoms with Crippen LogP contribution in [-0.4, -0.2) is 40.2 Å². The lowest BCUT2D eigenvalue weighted by molar-refractivity contribution is -0.318. The summed E-state index contributed by atoms with van der Waals surface area (Å²) < 4.78 is 46.5. The van der Waals surface area contributed by atoms with Crippen molar-refractivity contribution in [3.05, 3.63) is 29.8 Å². The van der Waals surface area contributed by atoms with E-state index in [1.54, 1.807) is 31.2 Å². The topological polar surface area (TPSA) is 62.1 Å². The van der Waals surface area contributed by atoms with Crippen LogP contribution in [0.4, 0.5) is 13.2 Å². The molecule has 0 bridgehead atoms. The molecule has 1 aliphatic carbocycles. The molecule has 0 radical (unpaired) electrons. The molecule has 1 aromatic rings. The van der Waals surface area contributed by atoms with Gasteiger partial charge in [0.25, 0.3) is 11.6 Å². The van der Waals surface area contributed by atoms with Gasteiger partial charge in [-0.2, -0.15) is 23.3 Å². The lowest BCUT2D eigenvalue weighted by Crippen LogP contribution is -2.62. The molecule has 1 saturated carbocycles. The van der Waals surface area contributed by atoms with Gasteiger partial charge in [0.05, 0.1) is 5.92 Å². The largest absolute Gasteiger partial charge is 0.483 e. The first kappa shape index (κ1) is 18.7. The van der Waals surface area contributed by atoms with Crippen LogP contribution in [0.5, 0.6) is 5.75 Å². The van der Waals surface area contributed by atoms with Crippen LogP contribution in [-0.2, 0) is 4.79 Å². The zero-order chi connectivity index (χ0) is 19.1. The predicted octanol–water partition coefficient (Wildman–Crippen LogP) is 3.26. The maximum absolute atomic E-state index is 13.7. The maximum Gasteiger partial charge on any atom is 0.439 e. The third-order valence-electron chi connectivity index (χ3n) is 5.07. The van der Waals surface area contributed by atoms with Crippen LogP contribution in [0.15, 0.2) is 29.4 Å². The molecule has 1 amide bonds. The van der Waals surface area contributed by atoms with Crippen LogP contribution in [0.2, 0.25) is 0 Å². The van der Waals surface area contributed by atoms with Gasteiger partial charge in [0.1, 0.15) is 5.75 Å². The van der Waals surface area contributed by atoms with Gasteiger partial charge in [-0.25, -0.2) is 0 Å². The van der Waals surface area contributed by atoms with E-state index in [9.17, 15) is 23.1 Å². The Morgan fingerprint density at radius 3 is 2.77 bits per heavy atom. The predicted molar refractivity (Wildman–Crippen MR) is 88.5 cm³/mol. The smallest absolute Gasteiger partial charge is 0.439 e. The summed E-state index contributed by atoms with van der Waals surface area (Å²) in [5.41, 5.74) is -2.34. The summed E-state index contributed by atoms with van der Waals surface area (Å²) in [7, 11) is 0. The summed E-state index contributed by atoms with van der Waals surface area (Å²) in [6.45, 7) is 2.96. The molecular formula is C18H21F3N2O3. The molecule has 3 rings (SSSR count). The standard InChI is InChI=1S/C18H21F3N2O3/c1-11-7-8-14-13(9-11)17(25,18(19,20)21)23(22-14)16(24)10-26-15-6-4-3-5-12(15)2/h3-6,11,13,25H,7-10H2,1-2H3/t11-,13+,17+/m0/s1. The second-order valence-electron chi connectivity index (χ2n) is 7.01. The van der Waals surface area contributed by atoms with Gasteiger partial charge in [-0.05, 0) is 43.7 Å². The number of ether oxygens (including phenoxy) is 1. The molecule has 1 aromatic carbocycles. The van der Waals surface area contributed by atoms with Crippen molar-refractivity contribution >= 4 is 11.6 Å². The third kappa shape index (κ3) is 3.06. The molecule has 0 unspecified atom stereocenters. The molecule has 1 fully saturated rings. The SMILES string of the molecule is Cc1ccccc1OCC(=O)N1N=C2CC[C@H](C)C[C@H]2[C@@]1(O)C(F)(F)F. The van der Waals surface area contributed by atoms with Crippen LogP contribution in [0.25, 0.3) is 0 Å². The molecule has 1 aliphatic heterocycles. The Balaban J connectivity index is 1.83. The van der Waals surface area contributed by atoms with Crippen LogP contribution >= 0.6 is 0 Å². The van der Waals surface area contributed by atoms with Gasteiger partial charge in [0.2, 0.25) is 0 Å². The van der Waals surface area contributed by atoms with E-state index in [1.165, 1.54) is 0 Å². The van der Waals surface area contributed by atoms with Gasteiger partial charge in [0.15, 0.2) is 6.61 Å². The molecule has 3 atom stereocenters. The van der Waals surface area contributed by atoms with E-state index in [4.69, 9.17) is 4.74 Å². The van der Waals surface area contributed by atoms with Crippen molar-refractivity contribution in [2.45, 2.75) is 45.0 Å². The monoisotopic (exact) mass is 370 g/mol. The molecule has 1 N–H and O–H groups in total. The number of amides is 1. The average Bonchev–Trinajstić information content (AvgIpc) is 2.88. The number of alkyl halides is 3. The quantitative estimate of drug-likeness (QED) is 0.888. The molecule has 142 valence electrons. The lowest BCUT2D eigenvalue weighted by Gasteiger charge is -2.39. The van der Waals surface area contributed by atoms with Crippen LogP contribution in [0.1, 0.15) is 31.7 Å². The highest BCUT2D eigenvalue weighted by molar-refractivity contribution is 5.93. The number of carbonyl (C=O) groups excluding carboxylic acids is 1. The number of hydrazone groups is 1. The first-order valence-electron chi connectivity index (χ1n) is 8.52. The number of hydrogen-bond donors (Lipinski definition) is 1. The Morgan fingerprint density at radius 1 is 1.42 bits per heavy atom. The van der Waals surface area contributed by atoms with Gasteiger partial charge in [-0.1, -0.05) is 25.1 Å². The van der Waals surface area contributed by atoms with E-state index in [1.807, 2.05) is 6.92 Å². The molecule has 5 nitrogen and oxygen atoms in total. The van der Waals surface area contributed by atoms with Crippen molar-refractivity contribution in [2.24, 2.45) is 16.9 Å². The van der Waals surface area contributed by atoms with E-state index < -0.39 is 30.3 Å². The number of aliphatic hydroxyl groups is 1. The molecule has 26 heavy (non-hydrogen) atoms. The number of para-hydroxylation sites is 1. The molecule has 0 saturated heterocycles. The first-order valence-corrected chi connectivity index (χ1v) is 8.52. The minimum atomic E-state index is -5.02. The maximum atomic E-state index is 13.7. The first-order chi connectivity index (χ1) is 12.1. The fraction of sp³-hybridized carbons (Fsp3) is 0.556. The second kappa shape index (κ2) is 6.57. The Labute approximate surface area is 149 Å². The molecule has 0 spiro atoms. The van der Waals surface area contributed by atoms with E-state index in [0.717, 1.165) is 5.56 Å². The summed E-state index contributed by atoms with van der Waals surface area (Å²) in [5.74, 6) is -1.84. The fourth-order valence-corrected chi connectivity index (χ4v) is 3.58. The minimum absolute atomic E-state index is 0.0195. The zero-order valence-corrected chi connectivity index (χ0v) is 14.6. The van der Waals surface area contributed by atoms with Crippen molar-refractivity contribution in [1.82, 2.24) is 5.01 Å². The highest BCUT2D eigenvalue weighted by atomic mass is 19.4. The van der Waals surface area contributed by atoms with Gasteiger partial charge < -0.3 is 9.84 Å². The Morgan fingerprint density at radius 2 is 2.12 bits per heavy atom. The molecule has 0 aromatic heterocycles. The van der Waals surface area contributed by atoms with Crippen molar-refractivity contribution in [3.63, 3.8) is 0 Å². The third-order valence-corrected chi connectivity index (χ3v) is 5.07. The fourth-order valence-electron chi connectivity index (χ4n) is 3.58. The van der Waals surface area contributed by atoms with Gasteiger partial charge >= 0.3 is 6.18 Å². The highest BCUT2D eigenvalue weighted by Gasteiger charge is 2.68. The van der Waals surface area contributed by atoms with Gasteiger partial charge in [0, 0.05) is 5.71 Å². The Kier molecular flexibility index (Phi) is 4.72. The summed E-state index contributed by atoms with van der Waals surface area (Å²) >= 11 is 0. The number of fused-ring (bicyclic) bond motifs is 1. The average molecular weight is 370 g/mol. The summed E-state index contributed by atoms with van der Waals surface area (Å²) in [5, 5.41) is 14.6. The number of halogens is 3. The van der Waals surface area contributed by atoms with Crippen LogP contribution in [0.3, 0.4) is 0 Å². The normalized spacial score (nSPS) is 28.5. The van der Waals surface area contributed by atoms with Crippen LogP contribution < -0.4 is 4.74 Å². The molecule has 1 heterocycles. The number of rotatable bonds is 3. The van der Waals surface area contributed by atoms with E-state index in [0.29, 0.717) is 18.6 Å². The van der Waals surface area contributed by atoms with E-state index in [-0.39, 0.29) is 23.1 Å². The Bertz CT molecular complexity index is 735. The minimum Gasteiger partial charge on any atom is -0.483 e. The number of aryl methyl sites for hydroxylation is 1. The summed E-state index contributed by atoms with van der Waals surface area (Å²) in [6, 6.07) is 6.86. The number of carbonyl (C=O) groups is 1. The second-order valence-corrected chi connectivity index (χ2v) is 7.01. The summed E-state index contributed by atoms with van der Waals surface area (Å²) in [4.78, 5) is 12.5. The zero-order valence-electron chi connectivity index (χ0n) is 14.6. The highest BCUT2D eigenvalue weighted by Crippen LogP contribution is 2.49. The molecule has 2 aliphatic rings. The van der Waals surface area contributed by atoms with E-state index >= 15 is 0 Å². The molecular weight excluding hydrogens is 349 g/mol. The van der Waals surface area contributed by atoms with Crippen molar-refractivity contribution in [2.75, 3.05) is 6.61 Å². The number of nitrogens with zero attached hydrogens (tertiary/aromatic N) is 2. The summed E-state index contributed by atoms with van der Waals surface area (Å²) in [6.07, 6.45) is -3.85. The van der Waals surface area contributed by atoms with Crippen molar-refractivity contribution in [1.29, 1.82) is 0 Å². The van der Waals surface area contributed by atoms with Crippen LogP contribution in [0, 0.1) is 18.8 Å². The number of benzene rings is 1. The number of hydrogen-bond acceptors (Lipinski definition) is 4. The Hall–Kier alpha value is -2.09.